The number of hydrogen-bond donors (Lipinski definition) is 1. The number of urea groups is 1. The van der Waals surface area contributed by atoms with E-state index in [1.165, 1.54) is 4.88 Å². The Labute approximate surface area is 146 Å². The summed E-state index contributed by atoms with van der Waals surface area (Å²) in [5.41, 5.74) is 0. The Morgan fingerprint density at radius 1 is 1.33 bits per heavy atom. The summed E-state index contributed by atoms with van der Waals surface area (Å²) in [4.78, 5) is 26.3. The number of nitrogens with zero attached hydrogens (tertiary/aromatic N) is 4. The van der Waals surface area contributed by atoms with Crippen molar-refractivity contribution >= 4 is 23.2 Å². The fourth-order valence-electron chi connectivity index (χ4n) is 2.78. The van der Waals surface area contributed by atoms with Gasteiger partial charge in [0, 0.05) is 49.7 Å². The second-order valence-electron chi connectivity index (χ2n) is 6.04. The normalized spacial score (nSPS) is 16.1. The van der Waals surface area contributed by atoms with E-state index in [0.717, 1.165) is 24.7 Å². The third-order valence-corrected chi connectivity index (χ3v) is 5.34. The number of carbonyl (C=O) groups is 1. The molecule has 0 radical (unpaired) electrons. The summed E-state index contributed by atoms with van der Waals surface area (Å²) in [6.45, 7) is 7.72. The molecule has 1 unspecified atom stereocenters. The summed E-state index contributed by atoms with van der Waals surface area (Å²) in [5, 5.41) is 5.12. The van der Waals surface area contributed by atoms with Gasteiger partial charge in [-0.1, -0.05) is 13.0 Å². The number of rotatable bonds is 4. The molecule has 1 N–H and O–H groups in total. The molecule has 1 aliphatic heterocycles. The molecule has 0 spiro atoms. The summed E-state index contributed by atoms with van der Waals surface area (Å²) in [6.07, 6.45) is 1.78. The van der Waals surface area contributed by atoms with Crippen LogP contribution in [0.2, 0.25) is 0 Å². The summed E-state index contributed by atoms with van der Waals surface area (Å²) in [5.74, 6) is 2.06. The first kappa shape index (κ1) is 16.7. The van der Waals surface area contributed by atoms with Crippen molar-refractivity contribution in [3.8, 4) is 0 Å². The molecular weight excluding hydrogens is 322 g/mol. The molecule has 2 aromatic heterocycles. The Morgan fingerprint density at radius 3 is 2.79 bits per heavy atom. The van der Waals surface area contributed by atoms with Gasteiger partial charge in [0.1, 0.15) is 11.6 Å². The standard InChI is InChI=1S/C17H23N5OS/c1-13(15-4-3-11-24-15)12-19-17(23)22-9-7-21(8-10-22)16-5-6-18-14(2)20-16/h3-6,11,13H,7-10,12H2,1-2H3,(H,19,23). The molecule has 7 heteroatoms. The molecule has 2 aromatic rings. The first-order valence-corrected chi connectivity index (χ1v) is 9.12. The number of anilines is 1. The van der Waals surface area contributed by atoms with E-state index in [1.807, 2.05) is 24.0 Å². The van der Waals surface area contributed by atoms with Gasteiger partial charge in [0.05, 0.1) is 0 Å². The summed E-state index contributed by atoms with van der Waals surface area (Å²) in [7, 11) is 0. The minimum atomic E-state index is 0.0249. The maximum Gasteiger partial charge on any atom is 0.317 e. The van der Waals surface area contributed by atoms with Crippen LogP contribution in [-0.4, -0.2) is 53.6 Å². The van der Waals surface area contributed by atoms with Crippen molar-refractivity contribution in [3.05, 3.63) is 40.5 Å². The van der Waals surface area contributed by atoms with E-state index in [1.54, 1.807) is 17.5 Å². The van der Waals surface area contributed by atoms with Gasteiger partial charge in [-0.15, -0.1) is 11.3 Å². The highest BCUT2D eigenvalue weighted by atomic mass is 32.1. The zero-order valence-corrected chi connectivity index (χ0v) is 14.9. The number of aromatic nitrogens is 2. The molecule has 1 saturated heterocycles. The molecule has 0 bridgehead atoms. The van der Waals surface area contributed by atoms with Crippen LogP contribution < -0.4 is 10.2 Å². The molecule has 1 aliphatic rings. The quantitative estimate of drug-likeness (QED) is 0.925. The SMILES string of the molecule is Cc1nccc(N2CCN(C(=O)NCC(C)c3cccs3)CC2)n1. The first-order chi connectivity index (χ1) is 11.6. The van der Waals surface area contributed by atoms with Crippen LogP contribution in [0.1, 0.15) is 23.5 Å². The summed E-state index contributed by atoms with van der Waals surface area (Å²) in [6, 6.07) is 6.11. The van der Waals surface area contributed by atoms with Crippen molar-refractivity contribution in [2.75, 3.05) is 37.6 Å². The zero-order chi connectivity index (χ0) is 16.9. The Kier molecular flexibility index (Phi) is 5.30. The molecule has 0 aliphatic carbocycles. The summed E-state index contributed by atoms with van der Waals surface area (Å²) >= 11 is 1.73. The Hall–Kier alpha value is -2.15. The monoisotopic (exact) mass is 345 g/mol. The third kappa shape index (κ3) is 4.03. The maximum atomic E-state index is 12.3. The molecular formula is C17H23N5OS. The highest BCUT2D eigenvalue weighted by molar-refractivity contribution is 7.10. The first-order valence-electron chi connectivity index (χ1n) is 8.24. The molecule has 3 heterocycles. The number of thiophene rings is 1. The number of hydrogen-bond acceptors (Lipinski definition) is 5. The average molecular weight is 345 g/mol. The van der Waals surface area contributed by atoms with Crippen LogP contribution in [0, 0.1) is 6.92 Å². The van der Waals surface area contributed by atoms with Crippen molar-refractivity contribution < 1.29 is 4.79 Å². The van der Waals surface area contributed by atoms with Gasteiger partial charge in [0.25, 0.3) is 0 Å². The largest absolute Gasteiger partial charge is 0.353 e. The number of aryl methyl sites for hydroxylation is 1. The molecule has 0 saturated carbocycles. The van der Waals surface area contributed by atoms with Gasteiger partial charge in [-0.05, 0) is 24.4 Å². The fourth-order valence-corrected chi connectivity index (χ4v) is 3.57. The van der Waals surface area contributed by atoms with Crippen LogP contribution in [0.25, 0.3) is 0 Å². The average Bonchev–Trinajstić information content (AvgIpc) is 3.14. The van der Waals surface area contributed by atoms with Gasteiger partial charge >= 0.3 is 6.03 Å². The zero-order valence-electron chi connectivity index (χ0n) is 14.1. The van der Waals surface area contributed by atoms with Gasteiger partial charge in [0.2, 0.25) is 0 Å². The molecule has 128 valence electrons. The van der Waals surface area contributed by atoms with E-state index in [9.17, 15) is 4.79 Å². The smallest absolute Gasteiger partial charge is 0.317 e. The lowest BCUT2D eigenvalue weighted by molar-refractivity contribution is 0.194. The number of nitrogens with one attached hydrogen (secondary N) is 1. The topological polar surface area (TPSA) is 61.4 Å². The van der Waals surface area contributed by atoms with Crippen molar-refractivity contribution in [1.82, 2.24) is 20.2 Å². The van der Waals surface area contributed by atoms with E-state index in [4.69, 9.17) is 0 Å². The van der Waals surface area contributed by atoms with E-state index in [0.29, 0.717) is 25.6 Å². The molecule has 0 aromatic carbocycles. The van der Waals surface area contributed by atoms with Gasteiger partial charge in [-0.25, -0.2) is 14.8 Å². The Morgan fingerprint density at radius 2 is 2.12 bits per heavy atom. The number of piperazine rings is 1. The van der Waals surface area contributed by atoms with E-state index >= 15 is 0 Å². The van der Waals surface area contributed by atoms with Gasteiger partial charge in [-0.2, -0.15) is 0 Å². The minimum Gasteiger partial charge on any atom is -0.353 e. The number of amides is 2. The van der Waals surface area contributed by atoms with Crippen LogP contribution in [0.4, 0.5) is 10.6 Å². The number of carbonyl (C=O) groups excluding carboxylic acids is 1. The molecule has 24 heavy (non-hydrogen) atoms. The van der Waals surface area contributed by atoms with Crippen LogP contribution >= 0.6 is 11.3 Å². The van der Waals surface area contributed by atoms with Crippen LogP contribution in [-0.2, 0) is 0 Å². The lowest BCUT2D eigenvalue weighted by Gasteiger charge is -2.35. The second kappa shape index (κ2) is 7.61. The lowest BCUT2D eigenvalue weighted by atomic mass is 10.1. The molecule has 2 amide bonds. The van der Waals surface area contributed by atoms with Crippen molar-refractivity contribution in [1.29, 1.82) is 0 Å². The van der Waals surface area contributed by atoms with Crippen molar-refractivity contribution in [3.63, 3.8) is 0 Å². The predicted octanol–water partition coefficient (Wildman–Crippen LogP) is 2.48. The Balaban J connectivity index is 1.46. The highest BCUT2D eigenvalue weighted by Crippen LogP contribution is 2.20. The predicted molar refractivity (Wildman–Crippen MR) is 96.7 cm³/mol. The van der Waals surface area contributed by atoms with E-state index < -0.39 is 0 Å². The van der Waals surface area contributed by atoms with Crippen LogP contribution in [0.15, 0.2) is 29.8 Å². The van der Waals surface area contributed by atoms with Crippen molar-refractivity contribution in [2.24, 2.45) is 0 Å². The van der Waals surface area contributed by atoms with Gasteiger partial charge in [0.15, 0.2) is 0 Å². The maximum absolute atomic E-state index is 12.3. The molecule has 1 atom stereocenters. The van der Waals surface area contributed by atoms with Gasteiger partial charge < -0.3 is 15.1 Å². The summed E-state index contributed by atoms with van der Waals surface area (Å²) < 4.78 is 0. The highest BCUT2D eigenvalue weighted by Gasteiger charge is 2.22. The Bertz CT molecular complexity index is 667. The van der Waals surface area contributed by atoms with Crippen LogP contribution in [0.5, 0.6) is 0 Å². The fraction of sp³-hybridized carbons (Fsp3) is 0.471. The molecule has 1 fully saturated rings. The molecule has 6 nitrogen and oxygen atoms in total. The van der Waals surface area contributed by atoms with Crippen LogP contribution in [0.3, 0.4) is 0 Å². The van der Waals surface area contributed by atoms with Gasteiger partial charge in [-0.3, -0.25) is 0 Å². The van der Waals surface area contributed by atoms with E-state index in [2.05, 4.69) is 38.6 Å². The van der Waals surface area contributed by atoms with E-state index in [-0.39, 0.29) is 6.03 Å². The van der Waals surface area contributed by atoms with Crippen molar-refractivity contribution in [2.45, 2.75) is 19.8 Å². The second-order valence-corrected chi connectivity index (χ2v) is 7.02. The third-order valence-electron chi connectivity index (χ3n) is 4.24. The lowest BCUT2D eigenvalue weighted by Crippen LogP contribution is -2.52. The minimum absolute atomic E-state index is 0.0249. The molecule has 3 rings (SSSR count).